The minimum atomic E-state index is -0.826. The Kier molecular flexibility index (Phi) is 51.9. The first-order chi connectivity index (χ1) is 33.0. The molecule has 0 spiro atoms. The molecule has 0 radical (unpaired) electrons. The average molecular weight is 931 g/mol. The Morgan fingerprint density at radius 1 is 0.299 bits per heavy atom. The molecular weight excluding hydrogens is 829 g/mol. The molecule has 0 N–H and O–H groups in total. The molecule has 0 rings (SSSR count). The van der Waals surface area contributed by atoms with Gasteiger partial charge in [0.15, 0.2) is 6.10 Å². The number of allylic oxidation sites excluding steroid dienone is 16. The molecule has 0 aromatic carbocycles. The number of unbranched alkanes of at least 4 members (excludes halogenated alkanes) is 22. The molecule has 0 bridgehead atoms. The lowest BCUT2D eigenvalue weighted by atomic mass is 10.1. The third kappa shape index (κ3) is 53.2. The van der Waals surface area contributed by atoms with Crippen LogP contribution in [0.4, 0.5) is 0 Å². The molecule has 0 saturated carbocycles. The molecule has 0 aliphatic heterocycles. The molecule has 0 atom stereocenters. The van der Waals surface area contributed by atoms with Crippen molar-refractivity contribution in [3.8, 4) is 0 Å². The van der Waals surface area contributed by atoms with Crippen LogP contribution in [0.5, 0.6) is 0 Å². The van der Waals surface area contributed by atoms with Gasteiger partial charge in [0.2, 0.25) is 0 Å². The van der Waals surface area contributed by atoms with Crippen LogP contribution in [0, 0.1) is 0 Å². The number of hydrogen-bond acceptors (Lipinski definition) is 6. The number of carbonyl (C=O) groups excluding carboxylic acids is 3. The van der Waals surface area contributed by atoms with Crippen molar-refractivity contribution in [2.45, 2.75) is 258 Å². The standard InChI is InChI=1S/C61H102O6/c1-4-7-10-13-16-19-22-25-28-30-33-35-38-41-44-47-50-53-59(62)65-56-58(67-61(64)55-52-49-46-43-40-37-32-27-24-21-18-15-12-9-6-3)57-66-60(63)54-51-48-45-42-39-36-34-31-29-26-23-20-17-14-11-8-5-2/h18,21,25-29,32-36,41-42,44-45,58H,4-17,19-20,22-24,30-31,37-40,43,46-57H2,1-3H3/b21-18-,28-25-,29-26-,32-27-,35-33-,36-34-,44-41-,45-42-. The summed E-state index contributed by atoms with van der Waals surface area (Å²) < 4.78 is 16.7. The lowest BCUT2D eigenvalue weighted by molar-refractivity contribution is -0.167. The Labute approximate surface area is 413 Å². The minimum Gasteiger partial charge on any atom is -0.462 e. The second kappa shape index (κ2) is 54.9. The Morgan fingerprint density at radius 3 is 0.910 bits per heavy atom. The van der Waals surface area contributed by atoms with E-state index in [0.29, 0.717) is 12.8 Å². The maximum absolute atomic E-state index is 12.8. The van der Waals surface area contributed by atoms with Crippen LogP contribution < -0.4 is 0 Å². The summed E-state index contributed by atoms with van der Waals surface area (Å²) in [6.45, 7) is 6.50. The van der Waals surface area contributed by atoms with Gasteiger partial charge in [-0.25, -0.2) is 0 Å². The smallest absolute Gasteiger partial charge is 0.306 e. The fraction of sp³-hybridized carbons (Fsp3) is 0.689. The van der Waals surface area contributed by atoms with Crippen molar-refractivity contribution >= 4 is 17.9 Å². The topological polar surface area (TPSA) is 78.9 Å². The van der Waals surface area contributed by atoms with Crippen LogP contribution in [0.25, 0.3) is 0 Å². The predicted molar refractivity (Wildman–Crippen MR) is 288 cm³/mol. The van der Waals surface area contributed by atoms with Crippen molar-refractivity contribution < 1.29 is 28.6 Å². The van der Waals surface area contributed by atoms with E-state index in [1.54, 1.807) is 0 Å². The summed E-state index contributed by atoms with van der Waals surface area (Å²) in [5, 5.41) is 0. The molecule has 0 heterocycles. The largest absolute Gasteiger partial charge is 0.462 e. The van der Waals surface area contributed by atoms with E-state index in [2.05, 4.69) is 118 Å². The number of esters is 3. The molecule has 0 unspecified atom stereocenters. The number of hydrogen-bond donors (Lipinski definition) is 0. The minimum absolute atomic E-state index is 0.126. The Bertz CT molecular complexity index is 1270. The van der Waals surface area contributed by atoms with Gasteiger partial charge in [0.25, 0.3) is 0 Å². The molecule has 0 aliphatic rings. The molecule has 382 valence electrons. The summed E-state index contributed by atoms with van der Waals surface area (Å²) in [7, 11) is 0. The monoisotopic (exact) mass is 931 g/mol. The third-order valence-electron chi connectivity index (χ3n) is 11.5. The first-order valence-electron chi connectivity index (χ1n) is 27.7. The van der Waals surface area contributed by atoms with Crippen molar-refractivity contribution in [2.75, 3.05) is 13.2 Å². The van der Waals surface area contributed by atoms with E-state index in [9.17, 15) is 14.4 Å². The molecule has 0 aliphatic carbocycles. The summed E-state index contributed by atoms with van der Waals surface area (Å²) in [4.78, 5) is 38.0. The first-order valence-corrected chi connectivity index (χ1v) is 27.7. The van der Waals surface area contributed by atoms with Gasteiger partial charge in [-0.15, -0.1) is 0 Å². The molecule has 0 fully saturated rings. The van der Waals surface area contributed by atoms with Gasteiger partial charge in [-0.1, -0.05) is 214 Å². The van der Waals surface area contributed by atoms with Crippen molar-refractivity contribution in [1.29, 1.82) is 0 Å². The van der Waals surface area contributed by atoms with Crippen LogP contribution in [0.15, 0.2) is 97.2 Å². The molecule has 0 amide bonds. The fourth-order valence-corrected chi connectivity index (χ4v) is 7.33. The second-order valence-electron chi connectivity index (χ2n) is 18.1. The van der Waals surface area contributed by atoms with Gasteiger partial charge in [-0.2, -0.15) is 0 Å². The van der Waals surface area contributed by atoms with Crippen molar-refractivity contribution in [2.24, 2.45) is 0 Å². The molecule has 0 aromatic rings. The van der Waals surface area contributed by atoms with Gasteiger partial charge in [0.05, 0.1) is 0 Å². The summed E-state index contributed by atoms with van der Waals surface area (Å²) in [6, 6.07) is 0. The van der Waals surface area contributed by atoms with Gasteiger partial charge < -0.3 is 14.2 Å². The van der Waals surface area contributed by atoms with Crippen molar-refractivity contribution in [3.05, 3.63) is 97.2 Å². The van der Waals surface area contributed by atoms with Gasteiger partial charge in [0, 0.05) is 19.3 Å². The van der Waals surface area contributed by atoms with Crippen molar-refractivity contribution in [3.63, 3.8) is 0 Å². The number of carbonyl (C=O) groups is 3. The van der Waals surface area contributed by atoms with E-state index in [1.807, 2.05) is 0 Å². The lowest BCUT2D eigenvalue weighted by Gasteiger charge is -2.18. The molecular formula is C61H102O6. The normalized spacial score (nSPS) is 12.4. The molecule has 6 heteroatoms. The van der Waals surface area contributed by atoms with Crippen LogP contribution in [-0.2, 0) is 28.6 Å². The maximum Gasteiger partial charge on any atom is 0.306 e. The van der Waals surface area contributed by atoms with Crippen LogP contribution in [0.2, 0.25) is 0 Å². The fourth-order valence-electron chi connectivity index (χ4n) is 7.33. The summed E-state index contributed by atoms with van der Waals surface area (Å²) >= 11 is 0. The van der Waals surface area contributed by atoms with Crippen LogP contribution >= 0.6 is 0 Å². The van der Waals surface area contributed by atoms with Gasteiger partial charge in [-0.3, -0.25) is 14.4 Å². The maximum atomic E-state index is 12.8. The van der Waals surface area contributed by atoms with E-state index in [-0.39, 0.29) is 50.4 Å². The third-order valence-corrected chi connectivity index (χ3v) is 11.5. The van der Waals surface area contributed by atoms with E-state index in [4.69, 9.17) is 14.2 Å². The summed E-state index contributed by atoms with van der Waals surface area (Å²) in [5.41, 5.74) is 0. The van der Waals surface area contributed by atoms with Crippen LogP contribution in [0.3, 0.4) is 0 Å². The second-order valence-corrected chi connectivity index (χ2v) is 18.1. The number of ether oxygens (including phenoxy) is 3. The zero-order valence-electron chi connectivity index (χ0n) is 43.6. The summed E-state index contributed by atoms with van der Waals surface area (Å²) in [5.74, 6) is -1.04. The zero-order chi connectivity index (χ0) is 48.6. The highest BCUT2D eigenvalue weighted by Gasteiger charge is 2.19. The van der Waals surface area contributed by atoms with Gasteiger partial charge in [-0.05, 0) is 116 Å². The van der Waals surface area contributed by atoms with Gasteiger partial charge >= 0.3 is 17.9 Å². The van der Waals surface area contributed by atoms with E-state index < -0.39 is 6.10 Å². The van der Waals surface area contributed by atoms with Crippen LogP contribution in [0.1, 0.15) is 252 Å². The Balaban J connectivity index is 4.56. The molecule has 6 nitrogen and oxygen atoms in total. The highest BCUT2D eigenvalue weighted by atomic mass is 16.6. The predicted octanol–water partition coefficient (Wildman–Crippen LogP) is 18.5. The van der Waals surface area contributed by atoms with E-state index in [1.165, 1.54) is 116 Å². The lowest BCUT2D eigenvalue weighted by Crippen LogP contribution is -2.30. The Hall–Kier alpha value is -3.67. The average Bonchev–Trinajstić information content (AvgIpc) is 3.33. The Morgan fingerprint density at radius 2 is 0.552 bits per heavy atom. The SMILES string of the molecule is CCCCC/C=C\C/C=C\CCCCCCCC(=O)OC(COC(=O)CCC/C=C\C/C=C\C/C=C\CCCCCCCC)COC(=O)CCC/C=C\C/C=C\C/C=C\CCCCCCCC. The number of rotatable bonds is 49. The van der Waals surface area contributed by atoms with Crippen molar-refractivity contribution in [1.82, 2.24) is 0 Å². The molecule has 67 heavy (non-hydrogen) atoms. The zero-order valence-corrected chi connectivity index (χ0v) is 43.6. The van der Waals surface area contributed by atoms with E-state index in [0.717, 1.165) is 83.5 Å². The first kappa shape index (κ1) is 63.3. The van der Waals surface area contributed by atoms with Crippen LogP contribution in [-0.4, -0.2) is 37.2 Å². The highest BCUT2D eigenvalue weighted by Crippen LogP contribution is 2.12. The molecule has 0 saturated heterocycles. The summed E-state index contributed by atoms with van der Waals surface area (Å²) in [6.07, 6.45) is 72.6. The van der Waals surface area contributed by atoms with E-state index >= 15 is 0 Å². The highest BCUT2D eigenvalue weighted by molar-refractivity contribution is 5.71. The van der Waals surface area contributed by atoms with Gasteiger partial charge in [0.1, 0.15) is 13.2 Å². The quantitative estimate of drug-likeness (QED) is 0.0262. The molecule has 0 aromatic heterocycles.